The first-order valence-electron chi connectivity index (χ1n) is 5.89. The van der Waals surface area contributed by atoms with Crippen LogP contribution in [0.3, 0.4) is 0 Å². The van der Waals surface area contributed by atoms with Crippen molar-refractivity contribution in [2.24, 2.45) is 0 Å². The Bertz CT molecular complexity index is 574. The monoisotopic (exact) mass is 261 g/mol. The number of para-hydroxylation sites is 2. The summed E-state index contributed by atoms with van der Waals surface area (Å²) in [6, 6.07) is 7.55. The summed E-state index contributed by atoms with van der Waals surface area (Å²) in [6.45, 7) is 0.371. The van der Waals surface area contributed by atoms with Gasteiger partial charge in [0, 0.05) is 13.7 Å². The van der Waals surface area contributed by atoms with Gasteiger partial charge < -0.3 is 15.2 Å². The molecule has 6 nitrogen and oxygen atoms in total. The first-order chi connectivity index (χ1) is 9.19. The van der Waals surface area contributed by atoms with Crippen LogP contribution in [-0.4, -0.2) is 40.8 Å². The second-order valence-corrected chi connectivity index (χ2v) is 4.08. The highest BCUT2D eigenvalue weighted by molar-refractivity contribution is 5.75. The Morgan fingerprint density at radius 1 is 1.42 bits per heavy atom. The van der Waals surface area contributed by atoms with E-state index in [0.717, 1.165) is 11.0 Å². The molecule has 1 heterocycles. The van der Waals surface area contributed by atoms with Gasteiger partial charge in [0.2, 0.25) is 0 Å². The van der Waals surface area contributed by atoms with E-state index in [4.69, 9.17) is 9.84 Å². The Morgan fingerprint density at radius 3 is 2.84 bits per heavy atom. The maximum Gasteiger partial charge on any atom is 0.306 e. The molecular weight excluding hydrogens is 246 g/mol. The molecule has 2 aromatic rings. The van der Waals surface area contributed by atoms with E-state index in [9.17, 15) is 4.79 Å². The molecule has 0 aliphatic heterocycles. The molecule has 0 radical (unpaired) electrons. The van der Waals surface area contributed by atoms with Crippen molar-refractivity contribution < 1.29 is 14.6 Å². The average Bonchev–Trinajstić information content (AvgIpc) is 2.42. The minimum atomic E-state index is -0.891. The van der Waals surface area contributed by atoms with Crippen LogP contribution in [0, 0.1) is 0 Å². The number of benzene rings is 1. The van der Waals surface area contributed by atoms with E-state index >= 15 is 0 Å². The molecule has 0 aliphatic carbocycles. The number of aromatic nitrogens is 2. The summed E-state index contributed by atoms with van der Waals surface area (Å²) in [6.07, 6.45) is 1.17. The lowest BCUT2D eigenvalue weighted by Gasteiger charge is -2.14. The van der Waals surface area contributed by atoms with Gasteiger partial charge in [0.05, 0.1) is 29.8 Å². The fourth-order valence-corrected chi connectivity index (χ4v) is 1.69. The van der Waals surface area contributed by atoms with E-state index in [-0.39, 0.29) is 6.42 Å². The molecule has 100 valence electrons. The Kier molecular flexibility index (Phi) is 4.25. The van der Waals surface area contributed by atoms with Crippen LogP contribution in [0.25, 0.3) is 11.0 Å². The van der Waals surface area contributed by atoms with Crippen LogP contribution in [0.2, 0.25) is 0 Å². The van der Waals surface area contributed by atoms with Gasteiger partial charge in [0.25, 0.3) is 0 Å². The van der Waals surface area contributed by atoms with Crippen molar-refractivity contribution in [1.29, 1.82) is 0 Å². The predicted molar refractivity (Wildman–Crippen MR) is 71.1 cm³/mol. The topological polar surface area (TPSA) is 84.3 Å². The maximum atomic E-state index is 10.6. The van der Waals surface area contributed by atoms with Gasteiger partial charge in [-0.25, -0.2) is 4.98 Å². The standard InChI is InChI=1S/C13H15N3O3/c1-19-9(6-13(17)18)7-15-12-8-14-10-4-2-3-5-11(10)16-12/h2-5,8-9H,6-7H2,1H3,(H,15,16)(H,17,18). The first-order valence-corrected chi connectivity index (χ1v) is 5.89. The Hall–Kier alpha value is -2.21. The van der Waals surface area contributed by atoms with E-state index < -0.39 is 12.1 Å². The van der Waals surface area contributed by atoms with Crippen molar-refractivity contribution in [2.45, 2.75) is 12.5 Å². The summed E-state index contributed by atoms with van der Waals surface area (Å²) < 4.78 is 5.08. The molecular formula is C13H15N3O3. The molecule has 1 aromatic carbocycles. The summed E-state index contributed by atoms with van der Waals surface area (Å²) in [5, 5.41) is 11.7. The minimum absolute atomic E-state index is 0.0511. The molecule has 0 spiro atoms. The number of aliphatic carboxylic acids is 1. The fourth-order valence-electron chi connectivity index (χ4n) is 1.69. The van der Waals surface area contributed by atoms with Gasteiger partial charge in [-0.2, -0.15) is 0 Å². The Balaban J connectivity index is 2.02. The molecule has 1 unspecified atom stereocenters. The highest BCUT2D eigenvalue weighted by Gasteiger charge is 2.12. The molecule has 6 heteroatoms. The van der Waals surface area contributed by atoms with Gasteiger partial charge >= 0.3 is 5.97 Å². The normalized spacial score (nSPS) is 12.3. The van der Waals surface area contributed by atoms with Gasteiger partial charge in [-0.1, -0.05) is 12.1 Å². The van der Waals surface area contributed by atoms with E-state index in [0.29, 0.717) is 12.4 Å². The third-order valence-electron chi connectivity index (χ3n) is 2.70. The zero-order chi connectivity index (χ0) is 13.7. The van der Waals surface area contributed by atoms with Gasteiger partial charge in [0.1, 0.15) is 5.82 Å². The highest BCUT2D eigenvalue weighted by Crippen LogP contribution is 2.11. The van der Waals surface area contributed by atoms with Crippen LogP contribution in [0.1, 0.15) is 6.42 Å². The third kappa shape index (κ3) is 3.62. The van der Waals surface area contributed by atoms with Crippen LogP contribution < -0.4 is 5.32 Å². The SMILES string of the molecule is COC(CNc1cnc2ccccc2n1)CC(=O)O. The second kappa shape index (κ2) is 6.10. The summed E-state index contributed by atoms with van der Waals surface area (Å²) in [5.41, 5.74) is 1.61. The zero-order valence-electron chi connectivity index (χ0n) is 10.5. The molecule has 0 saturated carbocycles. The van der Waals surface area contributed by atoms with Crippen LogP contribution in [-0.2, 0) is 9.53 Å². The third-order valence-corrected chi connectivity index (χ3v) is 2.70. The first kappa shape index (κ1) is 13.2. The highest BCUT2D eigenvalue weighted by atomic mass is 16.5. The molecule has 0 bridgehead atoms. The number of carbonyl (C=O) groups is 1. The van der Waals surface area contributed by atoms with Gasteiger partial charge in [-0.05, 0) is 12.1 Å². The number of rotatable bonds is 6. The number of fused-ring (bicyclic) bond motifs is 1. The Morgan fingerprint density at radius 2 is 2.16 bits per heavy atom. The van der Waals surface area contributed by atoms with Crippen LogP contribution in [0.15, 0.2) is 30.5 Å². The fraction of sp³-hybridized carbons (Fsp3) is 0.308. The number of carboxylic acids is 1. The number of nitrogens with one attached hydrogen (secondary N) is 1. The molecule has 0 amide bonds. The number of hydrogen-bond donors (Lipinski definition) is 2. The lowest BCUT2D eigenvalue weighted by atomic mass is 10.2. The number of anilines is 1. The predicted octanol–water partition coefficient (Wildman–Crippen LogP) is 1.53. The number of nitrogens with zero attached hydrogens (tertiary/aromatic N) is 2. The van der Waals surface area contributed by atoms with E-state index in [1.165, 1.54) is 7.11 Å². The van der Waals surface area contributed by atoms with Crippen molar-refractivity contribution in [3.8, 4) is 0 Å². The Labute approximate surface area is 110 Å². The molecule has 2 rings (SSSR count). The van der Waals surface area contributed by atoms with Gasteiger partial charge in [-0.15, -0.1) is 0 Å². The number of hydrogen-bond acceptors (Lipinski definition) is 5. The quantitative estimate of drug-likeness (QED) is 0.820. The largest absolute Gasteiger partial charge is 0.481 e. The van der Waals surface area contributed by atoms with Crippen molar-refractivity contribution in [3.05, 3.63) is 30.5 Å². The van der Waals surface area contributed by atoms with Crippen LogP contribution in [0.4, 0.5) is 5.82 Å². The van der Waals surface area contributed by atoms with E-state index in [1.54, 1.807) is 6.20 Å². The lowest BCUT2D eigenvalue weighted by molar-refractivity contribution is -0.139. The minimum Gasteiger partial charge on any atom is -0.481 e. The molecule has 2 N–H and O–H groups in total. The van der Waals surface area contributed by atoms with Crippen molar-refractivity contribution >= 4 is 22.8 Å². The summed E-state index contributed by atoms with van der Waals surface area (Å²) in [4.78, 5) is 19.3. The maximum absolute atomic E-state index is 10.6. The smallest absolute Gasteiger partial charge is 0.306 e. The molecule has 1 atom stereocenters. The van der Waals surface area contributed by atoms with Crippen molar-refractivity contribution in [3.63, 3.8) is 0 Å². The van der Waals surface area contributed by atoms with Crippen molar-refractivity contribution in [1.82, 2.24) is 9.97 Å². The molecule has 0 aliphatic rings. The molecule has 0 saturated heterocycles. The molecule has 1 aromatic heterocycles. The summed E-state index contributed by atoms with van der Waals surface area (Å²) in [7, 11) is 1.49. The van der Waals surface area contributed by atoms with Gasteiger partial charge in [-0.3, -0.25) is 9.78 Å². The van der Waals surface area contributed by atoms with E-state index in [2.05, 4.69) is 15.3 Å². The second-order valence-electron chi connectivity index (χ2n) is 4.08. The number of methoxy groups -OCH3 is 1. The number of carboxylic acid groups (broad SMARTS) is 1. The van der Waals surface area contributed by atoms with Crippen LogP contribution in [0.5, 0.6) is 0 Å². The van der Waals surface area contributed by atoms with Gasteiger partial charge in [0.15, 0.2) is 0 Å². The van der Waals surface area contributed by atoms with E-state index in [1.807, 2.05) is 24.3 Å². The lowest BCUT2D eigenvalue weighted by Crippen LogP contribution is -2.25. The zero-order valence-corrected chi connectivity index (χ0v) is 10.5. The number of ether oxygens (including phenoxy) is 1. The molecule has 19 heavy (non-hydrogen) atoms. The summed E-state index contributed by atoms with van der Waals surface area (Å²) >= 11 is 0. The summed E-state index contributed by atoms with van der Waals surface area (Å²) in [5.74, 6) is -0.288. The molecule has 0 fully saturated rings. The van der Waals surface area contributed by atoms with Crippen molar-refractivity contribution in [2.75, 3.05) is 19.0 Å². The van der Waals surface area contributed by atoms with Crippen LogP contribution >= 0.6 is 0 Å². The average molecular weight is 261 g/mol.